The van der Waals surface area contributed by atoms with Crippen LogP contribution in [0.1, 0.15) is 0 Å². The summed E-state index contributed by atoms with van der Waals surface area (Å²) in [6.07, 6.45) is 0. The van der Waals surface area contributed by atoms with Crippen LogP contribution in [0.3, 0.4) is 0 Å². The fraction of sp³-hybridized carbons (Fsp3) is 0. The number of halogens is 1. The Labute approximate surface area is 359 Å². The maximum absolute atomic E-state index is 8.49. The number of benzene rings is 8. The van der Waals surface area contributed by atoms with E-state index < -0.39 is 26.1 Å². The molecule has 4 nitrogen and oxygen atoms in total. The summed E-state index contributed by atoms with van der Waals surface area (Å²) < 4.78 is 34.0. The van der Waals surface area contributed by atoms with Gasteiger partial charge < -0.3 is 0 Å². The molecule has 8 aromatic rings. The van der Waals surface area contributed by atoms with E-state index in [-0.39, 0.29) is 44.8 Å². The molecule has 0 fully saturated rings. The van der Waals surface area contributed by atoms with Gasteiger partial charge in [0, 0.05) is 0 Å². The predicted octanol–water partition coefficient (Wildman–Crippen LogP) is 4.23. The average Bonchev–Trinajstić information content (AvgIpc) is 3.21. The summed E-state index contributed by atoms with van der Waals surface area (Å²) in [5.41, 5.74) is 0. The van der Waals surface area contributed by atoms with Crippen LogP contribution >= 0.6 is 15.8 Å². The molecule has 8 rings (SSSR count). The molecule has 0 spiro atoms. The molecule has 0 saturated carbocycles. The molecule has 0 N–H and O–H groups in total. The molecule has 284 valence electrons. The fourth-order valence-electron chi connectivity index (χ4n) is 5.70. The van der Waals surface area contributed by atoms with Gasteiger partial charge in [0.1, 0.15) is 31.8 Å². The Morgan fingerprint density at radius 3 is 0.764 bits per heavy atom. The quantitative estimate of drug-likeness (QED) is 0.142. The molecule has 0 saturated heterocycles. The molecule has 0 aromatic heterocycles. The van der Waals surface area contributed by atoms with Gasteiger partial charge in [0.25, 0.3) is 0 Å². The van der Waals surface area contributed by atoms with E-state index in [0.717, 1.165) is 0 Å². The molecule has 0 aliphatic heterocycles. The van der Waals surface area contributed by atoms with Crippen LogP contribution in [-0.4, -0.2) is 0 Å². The smallest absolute Gasteiger partial charge is 0.222 e. The summed E-state index contributed by atoms with van der Waals surface area (Å²) in [6, 6.07) is 82.3. The standard InChI is InChI=1S/2C18H15P.C10H7.2Au.ClHO4/c2*1-4-10-16(11-5-1)19(17-12-6-2-7-13-17)18-14-8-3-9-15-18;1-2-6-10-8-4-3-7-9(10)5-1;;;2-1(3,4)5/h2*1-15H;1-3,5-8H;;;(H,2,3,4,5)/q;;-1;2*+1;/p+1. The van der Waals surface area contributed by atoms with Crippen LogP contribution in [0, 0.1) is 16.3 Å². The Morgan fingerprint density at radius 1 is 0.309 bits per heavy atom. The molecule has 0 atom stereocenters. The molecule has 0 unspecified atom stereocenters. The summed E-state index contributed by atoms with van der Waals surface area (Å²) in [5, 5.41) is 11.1. The average molecular weight is 1150 g/mol. The number of hydrogen-bond donors (Lipinski definition) is 0. The monoisotopic (exact) mass is 1150 g/mol. The Balaban J connectivity index is 0.000000212. The zero-order valence-corrected chi connectivity index (χ0v) is 36.6. The third kappa shape index (κ3) is 15.9. The Bertz CT molecular complexity index is 1810. The third-order valence-electron chi connectivity index (χ3n) is 7.97. The van der Waals surface area contributed by atoms with Gasteiger partial charge in [-0.2, -0.15) is 24.3 Å². The van der Waals surface area contributed by atoms with Crippen LogP contribution < -0.4 is 50.5 Å². The van der Waals surface area contributed by atoms with Crippen LogP contribution in [0.4, 0.5) is 0 Å². The molecule has 0 aliphatic rings. The van der Waals surface area contributed by atoms with Gasteiger partial charge in [0.2, 0.25) is 0 Å². The predicted molar refractivity (Wildman–Crippen MR) is 216 cm³/mol. The van der Waals surface area contributed by atoms with Crippen LogP contribution in [0.5, 0.6) is 0 Å². The minimum Gasteiger partial charge on any atom is -0.222 e. The van der Waals surface area contributed by atoms with Crippen LogP contribution in [0.15, 0.2) is 224 Å². The van der Waals surface area contributed by atoms with Crippen LogP contribution in [0.25, 0.3) is 10.8 Å². The largest absolute Gasteiger partial charge is 1.00 e. The summed E-state index contributed by atoms with van der Waals surface area (Å²) in [6.45, 7) is 0. The van der Waals surface area contributed by atoms with Gasteiger partial charge in [0.15, 0.2) is 0 Å². The van der Waals surface area contributed by atoms with Crippen molar-refractivity contribution in [2.45, 2.75) is 0 Å². The van der Waals surface area contributed by atoms with Crippen molar-refractivity contribution in [2.24, 2.45) is 0 Å². The van der Waals surface area contributed by atoms with E-state index in [0.29, 0.717) is 0 Å². The van der Waals surface area contributed by atoms with Gasteiger partial charge in [-0.1, -0.05) is 127 Å². The van der Waals surface area contributed by atoms with Crippen molar-refractivity contribution in [3.63, 3.8) is 0 Å². The first-order valence-electron chi connectivity index (χ1n) is 16.9. The van der Waals surface area contributed by atoms with Crippen molar-refractivity contribution in [3.05, 3.63) is 231 Å². The molecule has 0 radical (unpaired) electrons. The van der Waals surface area contributed by atoms with Crippen molar-refractivity contribution in [3.8, 4) is 0 Å². The number of hydrogen-bond acceptors (Lipinski definition) is 4. The Morgan fingerprint density at radius 2 is 0.527 bits per heavy atom. The van der Waals surface area contributed by atoms with E-state index in [2.05, 4.69) is 206 Å². The van der Waals surface area contributed by atoms with E-state index in [1.807, 2.05) is 24.3 Å². The maximum atomic E-state index is 8.49. The second-order valence-electron chi connectivity index (χ2n) is 11.6. The second-order valence-corrected chi connectivity index (χ2v) is 17.3. The number of fused-ring (bicyclic) bond motifs is 1. The van der Waals surface area contributed by atoms with E-state index in [1.165, 1.54) is 42.6 Å². The zero-order chi connectivity index (χ0) is 37.1. The fourth-order valence-corrected chi connectivity index (χ4v) is 10.9. The molecule has 55 heavy (non-hydrogen) atoms. The molecular formula is C46H39Au2ClO4P2+2. The first-order chi connectivity index (χ1) is 25.9. The molecule has 9 heteroatoms. The van der Waals surface area contributed by atoms with Crippen molar-refractivity contribution in [1.29, 1.82) is 0 Å². The van der Waals surface area contributed by atoms with E-state index in [4.69, 9.17) is 18.6 Å². The SMILES string of the molecule is [Au+].[Au+].[O-][Cl+3]([O-])([O-])[O-].[c-]1ccc2ccccc2c1.c1ccc([PH+](c2ccccc2)c2ccccc2)cc1.c1ccc([PH+](c2ccccc2)c2ccccc2)cc1. The van der Waals surface area contributed by atoms with Crippen molar-refractivity contribution < 1.29 is 73.6 Å². The van der Waals surface area contributed by atoms with Gasteiger partial charge in [-0.05, 0) is 72.8 Å². The van der Waals surface area contributed by atoms with Crippen molar-refractivity contribution in [1.82, 2.24) is 0 Å². The maximum Gasteiger partial charge on any atom is 1.00 e. The molecule has 0 amide bonds. The van der Waals surface area contributed by atoms with Gasteiger partial charge in [0.05, 0.1) is 15.8 Å². The molecule has 0 heterocycles. The topological polar surface area (TPSA) is 92.2 Å². The Hall–Kier alpha value is -3.51. The van der Waals surface area contributed by atoms with E-state index >= 15 is 0 Å². The van der Waals surface area contributed by atoms with Gasteiger partial charge in [-0.15, -0.1) is 27.1 Å². The molecule has 8 aromatic carbocycles. The van der Waals surface area contributed by atoms with Gasteiger partial charge in [-0.25, -0.2) is 18.6 Å². The van der Waals surface area contributed by atoms with Crippen LogP contribution in [0.2, 0.25) is 0 Å². The first-order valence-corrected chi connectivity index (χ1v) is 21.1. The van der Waals surface area contributed by atoms with Gasteiger partial charge >= 0.3 is 44.8 Å². The minimum absolute atomic E-state index is 0. The number of rotatable bonds is 6. The van der Waals surface area contributed by atoms with E-state index in [9.17, 15) is 0 Å². The van der Waals surface area contributed by atoms with Crippen molar-refractivity contribution in [2.75, 3.05) is 0 Å². The molecule has 0 bridgehead atoms. The van der Waals surface area contributed by atoms with E-state index in [1.54, 1.807) is 0 Å². The first kappa shape index (κ1) is 45.9. The summed E-state index contributed by atoms with van der Waals surface area (Å²) in [4.78, 5) is 0. The van der Waals surface area contributed by atoms with Crippen molar-refractivity contribution >= 4 is 58.4 Å². The molecule has 0 aliphatic carbocycles. The summed E-state index contributed by atoms with van der Waals surface area (Å²) >= 11 is 0. The van der Waals surface area contributed by atoms with Crippen LogP contribution in [-0.2, 0) is 44.8 Å². The minimum atomic E-state index is -4.94. The zero-order valence-electron chi connectivity index (χ0n) is 29.5. The second kappa shape index (κ2) is 24.9. The molecular weight excluding hydrogens is 1110 g/mol. The third-order valence-corrected chi connectivity index (χ3v) is 13.4. The van der Waals surface area contributed by atoms with Gasteiger partial charge in [-0.3, -0.25) is 0 Å². The Kier molecular flexibility index (Phi) is 20.8. The summed E-state index contributed by atoms with van der Waals surface area (Å²) in [5.74, 6) is 0. The normalized spacial score (nSPS) is 10.2. The summed E-state index contributed by atoms with van der Waals surface area (Å²) in [7, 11) is -6.70.